The fourth-order valence-electron chi connectivity index (χ4n) is 2.05. The molecule has 3 heteroatoms. The van der Waals surface area contributed by atoms with Crippen molar-refractivity contribution in [3.05, 3.63) is 11.3 Å². The third-order valence-electron chi connectivity index (χ3n) is 3.06. The van der Waals surface area contributed by atoms with E-state index in [0.29, 0.717) is 17.7 Å². The Morgan fingerprint density at radius 1 is 1.50 bits per heavy atom. The molecule has 3 nitrogen and oxygen atoms in total. The number of aromatic nitrogens is 2. The van der Waals surface area contributed by atoms with Gasteiger partial charge in [-0.2, -0.15) is 5.10 Å². The fraction of sp³-hybridized carbons (Fsp3) is 0.727. The van der Waals surface area contributed by atoms with Gasteiger partial charge in [0, 0.05) is 17.2 Å². The number of hydrogen-bond donors (Lipinski definition) is 2. The van der Waals surface area contributed by atoms with Crippen molar-refractivity contribution in [3.8, 4) is 0 Å². The first kappa shape index (κ1) is 9.56. The highest BCUT2D eigenvalue weighted by molar-refractivity contribution is 5.44. The molecule has 1 aliphatic carbocycles. The summed E-state index contributed by atoms with van der Waals surface area (Å²) in [5.41, 5.74) is 8.44. The standard InChI is InChI=1S/C11H19N3/c1-7(2)6-9-10(8-4-3-5-8)13-14-11(9)12/h7-8H,3-6H2,1-2H3,(H3,12,13,14). The van der Waals surface area contributed by atoms with E-state index in [4.69, 9.17) is 5.73 Å². The van der Waals surface area contributed by atoms with Gasteiger partial charge in [0.15, 0.2) is 0 Å². The first-order valence-electron chi connectivity index (χ1n) is 5.51. The minimum absolute atomic E-state index is 0.647. The Hall–Kier alpha value is -0.990. The van der Waals surface area contributed by atoms with E-state index in [-0.39, 0.29) is 0 Å². The predicted octanol–water partition coefficient (Wildman–Crippen LogP) is 2.46. The molecule has 1 aliphatic rings. The number of rotatable bonds is 3. The summed E-state index contributed by atoms with van der Waals surface area (Å²) in [5, 5.41) is 7.23. The summed E-state index contributed by atoms with van der Waals surface area (Å²) in [6.07, 6.45) is 5.00. The molecule has 14 heavy (non-hydrogen) atoms. The van der Waals surface area contributed by atoms with Crippen LogP contribution in [0.5, 0.6) is 0 Å². The molecule has 1 fully saturated rings. The monoisotopic (exact) mass is 193 g/mol. The van der Waals surface area contributed by atoms with Gasteiger partial charge in [0.05, 0.1) is 0 Å². The molecule has 0 radical (unpaired) electrons. The minimum atomic E-state index is 0.647. The molecule has 0 aromatic carbocycles. The average Bonchev–Trinajstić information content (AvgIpc) is 2.32. The molecule has 1 heterocycles. The second-order valence-electron chi connectivity index (χ2n) is 4.73. The first-order valence-corrected chi connectivity index (χ1v) is 5.51. The molecule has 3 N–H and O–H groups in total. The van der Waals surface area contributed by atoms with E-state index in [0.717, 1.165) is 6.42 Å². The molecule has 0 saturated heterocycles. The van der Waals surface area contributed by atoms with Crippen LogP contribution in [0.25, 0.3) is 0 Å². The highest BCUT2D eigenvalue weighted by Crippen LogP contribution is 2.38. The summed E-state index contributed by atoms with van der Waals surface area (Å²) >= 11 is 0. The smallest absolute Gasteiger partial charge is 0.148 e. The van der Waals surface area contributed by atoms with Crippen LogP contribution in [0.2, 0.25) is 0 Å². The predicted molar refractivity (Wildman–Crippen MR) is 58.1 cm³/mol. The maximum Gasteiger partial charge on any atom is 0.148 e. The molecule has 78 valence electrons. The summed E-state index contributed by atoms with van der Waals surface area (Å²) in [7, 11) is 0. The molecule has 0 bridgehead atoms. The van der Waals surface area contributed by atoms with Crippen molar-refractivity contribution >= 4 is 5.82 Å². The van der Waals surface area contributed by atoms with E-state index in [1.165, 1.54) is 30.5 Å². The SMILES string of the molecule is CC(C)Cc1c(N)n[nH]c1C1CCC1. The van der Waals surface area contributed by atoms with Gasteiger partial charge < -0.3 is 5.73 Å². The molecule has 1 saturated carbocycles. The van der Waals surface area contributed by atoms with Gasteiger partial charge in [-0.3, -0.25) is 5.10 Å². The van der Waals surface area contributed by atoms with Crippen molar-refractivity contribution in [3.63, 3.8) is 0 Å². The van der Waals surface area contributed by atoms with Crippen molar-refractivity contribution in [2.75, 3.05) is 5.73 Å². The van der Waals surface area contributed by atoms with E-state index in [2.05, 4.69) is 24.0 Å². The van der Waals surface area contributed by atoms with E-state index in [1.807, 2.05) is 0 Å². The molecular formula is C11H19N3. The Balaban J connectivity index is 2.21. The number of nitrogen functional groups attached to an aromatic ring is 1. The number of nitrogens with zero attached hydrogens (tertiary/aromatic N) is 1. The quantitative estimate of drug-likeness (QED) is 0.774. The van der Waals surface area contributed by atoms with Crippen LogP contribution in [-0.2, 0) is 6.42 Å². The van der Waals surface area contributed by atoms with Crippen LogP contribution in [0.1, 0.15) is 50.3 Å². The normalized spacial score (nSPS) is 17.4. The van der Waals surface area contributed by atoms with Gasteiger partial charge in [-0.05, 0) is 25.2 Å². The van der Waals surface area contributed by atoms with Crippen molar-refractivity contribution in [2.45, 2.75) is 45.4 Å². The van der Waals surface area contributed by atoms with Gasteiger partial charge in [0.2, 0.25) is 0 Å². The van der Waals surface area contributed by atoms with Crippen molar-refractivity contribution in [1.82, 2.24) is 10.2 Å². The van der Waals surface area contributed by atoms with Gasteiger partial charge in [-0.1, -0.05) is 20.3 Å². The van der Waals surface area contributed by atoms with Gasteiger partial charge in [0.25, 0.3) is 0 Å². The van der Waals surface area contributed by atoms with Gasteiger partial charge >= 0.3 is 0 Å². The first-order chi connectivity index (χ1) is 6.68. The third kappa shape index (κ3) is 1.63. The van der Waals surface area contributed by atoms with Gasteiger partial charge in [-0.25, -0.2) is 0 Å². The average molecular weight is 193 g/mol. The molecule has 2 rings (SSSR count). The van der Waals surface area contributed by atoms with Crippen molar-refractivity contribution in [2.24, 2.45) is 5.92 Å². The van der Waals surface area contributed by atoms with Crippen LogP contribution in [0.3, 0.4) is 0 Å². The summed E-state index contributed by atoms with van der Waals surface area (Å²) < 4.78 is 0. The topological polar surface area (TPSA) is 54.7 Å². The van der Waals surface area contributed by atoms with Crippen LogP contribution in [0.15, 0.2) is 0 Å². The Kier molecular flexibility index (Phi) is 2.48. The number of hydrogen-bond acceptors (Lipinski definition) is 2. The summed E-state index contributed by atoms with van der Waals surface area (Å²) in [6.45, 7) is 4.44. The number of anilines is 1. The van der Waals surface area contributed by atoms with Crippen LogP contribution in [-0.4, -0.2) is 10.2 Å². The molecule has 0 aliphatic heterocycles. The fourth-order valence-corrected chi connectivity index (χ4v) is 2.05. The summed E-state index contributed by atoms with van der Waals surface area (Å²) in [5.74, 6) is 2.06. The van der Waals surface area contributed by atoms with Crippen molar-refractivity contribution < 1.29 is 0 Å². The molecular weight excluding hydrogens is 174 g/mol. The second-order valence-corrected chi connectivity index (χ2v) is 4.73. The Morgan fingerprint density at radius 2 is 2.21 bits per heavy atom. The third-order valence-corrected chi connectivity index (χ3v) is 3.06. The lowest BCUT2D eigenvalue weighted by Crippen LogP contribution is -2.12. The zero-order valence-electron chi connectivity index (χ0n) is 9.01. The van der Waals surface area contributed by atoms with Gasteiger partial charge in [-0.15, -0.1) is 0 Å². The van der Waals surface area contributed by atoms with Crippen LogP contribution in [0, 0.1) is 5.92 Å². The Bertz CT molecular complexity index is 310. The highest BCUT2D eigenvalue weighted by Gasteiger charge is 2.25. The minimum Gasteiger partial charge on any atom is -0.382 e. The Morgan fingerprint density at radius 3 is 2.71 bits per heavy atom. The summed E-state index contributed by atoms with van der Waals surface area (Å²) in [6, 6.07) is 0. The van der Waals surface area contributed by atoms with E-state index >= 15 is 0 Å². The molecule has 0 unspecified atom stereocenters. The largest absolute Gasteiger partial charge is 0.382 e. The summed E-state index contributed by atoms with van der Waals surface area (Å²) in [4.78, 5) is 0. The number of nitrogens with one attached hydrogen (secondary N) is 1. The maximum absolute atomic E-state index is 5.86. The second kappa shape index (κ2) is 3.64. The van der Waals surface area contributed by atoms with Gasteiger partial charge in [0.1, 0.15) is 5.82 Å². The van der Waals surface area contributed by atoms with E-state index in [1.54, 1.807) is 0 Å². The van der Waals surface area contributed by atoms with Crippen LogP contribution >= 0.6 is 0 Å². The van der Waals surface area contributed by atoms with E-state index in [9.17, 15) is 0 Å². The molecule has 0 atom stereocenters. The number of H-pyrrole nitrogens is 1. The molecule has 1 aromatic heterocycles. The lowest BCUT2D eigenvalue weighted by atomic mass is 9.80. The van der Waals surface area contributed by atoms with Crippen molar-refractivity contribution in [1.29, 1.82) is 0 Å². The number of nitrogens with two attached hydrogens (primary N) is 1. The number of aromatic amines is 1. The zero-order valence-corrected chi connectivity index (χ0v) is 9.01. The maximum atomic E-state index is 5.86. The van der Waals surface area contributed by atoms with Crippen LogP contribution in [0.4, 0.5) is 5.82 Å². The van der Waals surface area contributed by atoms with E-state index < -0.39 is 0 Å². The molecule has 0 amide bonds. The van der Waals surface area contributed by atoms with Crippen LogP contribution < -0.4 is 5.73 Å². The zero-order chi connectivity index (χ0) is 10.1. The highest BCUT2D eigenvalue weighted by atomic mass is 15.2. The lowest BCUT2D eigenvalue weighted by Gasteiger charge is -2.25. The molecule has 0 spiro atoms. The molecule has 1 aromatic rings. The lowest BCUT2D eigenvalue weighted by molar-refractivity contribution is 0.407. The Labute approximate surface area is 85.1 Å².